The van der Waals surface area contributed by atoms with Crippen molar-refractivity contribution >= 4 is 23.1 Å². The van der Waals surface area contributed by atoms with Crippen molar-refractivity contribution in [2.45, 2.75) is 18.2 Å². The molecule has 3 aliphatic heterocycles. The van der Waals surface area contributed by atoms with Gasteiger partial charge >= 0.3 is 0 Å². The number of amides is 1. The molecule has 188 valence electrons. The molecule has 3 aromatic rings. The van der Waals surface area contributed by atoms with Gasteiger partial charge in [0.2, 0.25) is 0 Å². The van der Waals surface area contributed by atoms with Gasteiger partial charge in [0.1, 0.15) is 0 Å². The van der Waals surface area contributed by atoms with Crippen molar-refractivity contribution in [2.24, 2.45) is 0 Å². The Morgan fingerprint density at radius 1 is 0.865 bits per heavy atom. The molecule has 0 aliphatic carbocycles. The molecule has 1 amide bonds. The van der Waals surface area contributed by atoms with E-state index in [-0.39, 0.29) is 24.2 Å². The van der Waals surface area contributed by atoms with Gasteiger partial charge in [0.15, 0.2) is 0 Å². The Hall–Kier alpha value is -3.38. The molecule has 3 unspecified atom stereocenters. The predicted octanol–water partition coefficient (Wildman–Crippen LogP) is 5.05. The van der Waals surface area contributed by atoms with Gasteiger partial charge in [0, 0.05) is 49.5 Å². The van der Waals surface area contributed by atoms with Gasteiger partial charge in [-0.3, -0.25) is 15.0 Å². The highest BCUT2D eigenvalue weighted by Gasteiger charge is 2.41. The van der Waals surface area contributed by atoms with Crippen molar-refractivity contribution in [3.8, 4) is 0 Å². The van der Waals surface area contributed by atoms with Crippen LogP contribution in [-0.4, -0.2) is 65.5 Å². The van der Waals surface area contributed by atoms with Gasteiger partial charge in [-0.15, -0.1) is 0 Å². The van der Waals surface area contributed by atoms with Crippen molar-refractivity contribution < 1.29 is 4.79 Å². The first-order valence-electron chi connectivity index (χ1n) is 13.0. The highest BCUT2D eigenvalue weighted by Crippen LogP contribution is 2.35. The summed E-state index contributed by atoms with van der Waals surface area (Å²) in [5.74, 6) is 0.124. The molecular formula is C31H31ClN4O. The topological polar surface area (TPSA) is 38.8 Å². The number of hydrogen-bond acceptors (Lipinski definition) is 4. The molecule has 6 rings (SSSR count). The monoisotopic (exact) mass is 510 g/mol. The maximum Gasteiger partial charge on any atom is 0.253 e. The van der Waals surface area contributed by atoms with Gasteiger partial charge in [-0.2, -0.15) is 0 Å². The largest absolute Gasteiger partial charge is 0.352 e. The fourth-order valence-corrected chi connectivity index (χ4v) is 5.77. The number of rotatable bonds is 5. The third-order valence-electron chi connectivity index (χ3n) is 7.65. The smallest absolute Gasteiger partial charge is 0.253 e. The zero-order valence-corrected chi connectivity index (χ0v) is 21.5. The third-order valence-corrected chi connectivity index (χ3v) is 7.90. The normalized spacial score (nSPS) is 23.6. The van der Waals surface area contributed by atoms with E-state index in [1.165, 1.54) is 16.7 Å². The molecule has 6 heteroatoms. The summed E-state index contributed by atoms with van der Waals surface area (Å²) in [4.78, 5) is 19.9. The molecular weight excluding hydrogens is 480 g/mol. The number of nitrogens with zero attached hydrogens (tertiary/aromatic N) is 3. The van der Waals surface area contributed by atoms with E-state index in [0.717, 1.165) is 43.3 Å². The van der Waals surface area contributed by atoms with Crippen molar-refractivity contribution in [3.05, 3.63) is 125 Å². The molecule has 3 heterocycles. The van der Waals surface area contributed by atoms with E-state index in [0.29, 0.717) is 0 Å². The average molecular weight is 511 g/mol. The number of allylic oxidation sites excluding steroid dienone is 2. The first-order valence-corrected chi connectivity index (χ1v) is 13.3. The number of fused-ring (bicyclic) bond motifs is 1. The molecule has 37 heavy (non-hydrogen) atoms. The second-order valence-electron chi connectivity index (χ2n) is 9.92. The highest BCUT2D eigenvalue weighted by atomic mass is 35.5. The summed E-state index contributed by atoms with van der Waals surface area (Å²) < 4.78 is 0. The van der Waals surface area contributed by atoms with Gasteiger partial charge < -0.3 is 9.80 Å². The minimum absolute atomic E-state index is 0.124. The minimum atomic E-state index is 0.124. The summed E-state index contributed by atoms with van der Waals surface area (Å²) in [7, 11) is 0. The Morgan fingerprint density at radius 2 is 1.54 bits per heavy atom. The van der Waals surface area contributed by atoms with Crippen LogP contribution in [0.1, 0.15) is 27.5 Å². The molecule has 0 radical (unpaired) electrons. The standard InChI is InChI=1S/C31H31ClN4O/c32-27-14-11-24(12-15-27)30-28(36-21-26(13-16-29(36)33-30)23-7-3-1-4-8-23)22-34-17-19-35(20-18-34)31(37)25-9-5-2-6-10-25/h1-16,21,28-30,33H,17-20,22H2. The fraction of sp³-hybridized carbons (Fsp3) is 0.258. The molecule has 1 N–H and O–H groups in total. The van der Waals surface area contributed by atoms with E-state index in [1.807, 2.05) is 47.4 Å². The van der Waals surface area contributed by atoms with E-state index in [1.54, 1.807) is 0 Å². The van der Waals surface area contributed by atoms with Crippen LogP contribution < -0.4 is 5.32 Å². The van der Waals surface area contributed by atoms with Crippen LogP contribution in [0.5, 0.6) is 0 Å². The van der Waals surface area contributed by atoms with Gasteiger partial charge in [-0.05, 0) is 47.0 Å². The maximum atomic E-state index is 12.9. The number of nitrogens with one attached hydrogen (secondary N) is 1. The van der Waals surface area contributed by atoms with Crippen LogP contribution in [0.2, 0.25) is 5.02 Å². The van der Waals surface area contributed by atoms with E-state index in [9.17, 15) is 4.79 Å². The Morgan fingerprint density at radius 3 is 2.24 bits per heavy atom. The minimum Gasteiger partial charge on any atom is -0.352 e. The van der Waals surface area contributed by atoms with E-state index < -0.39 is 0 Å². The van der Waals surface area contributed by atoms with E-state index >= 15 is 0 Å². The summed E-state index contributed by atoms with van der Waals surface area (Å²) in [6.45, 7) is 4.14. The molecule has 3 atom stereocenters. The number of halogens is 1. The van der Waals surface area contributed by atoms with Crippen molar-refractivity contribution in [2.75, 3.05) is 32.7 Å². The first-order chi connectivity index (χ1) is 18.2. The molecule has 3 aliphatic rings. The SMILES string of the molecule is O=C(c1ccccc1)N1CCN(CC2C(c3ccc(Cl)cc3)NC3C=CC(c4ccccc4)=CN32)CC1. The van der Waals surface area contributed by atoms with Crippen LogP contribution in [-0.2, 0) is 0 Å². The first kappa shape index (κ1) is 24.0. The lowest BCUT2D eigenvalue weighted by molar-refractivity contribution is 0.0604. The highest BCUT2D eigenvalue weighted by molar-refractivity contribution is 6.30. The Labute approximate surface area is 223 Å². The zero-order valence-electron chi connectivity index (χ0n) is 20.7. The van der Waals surface area contributed by atoms with Gasteiger partial charge in [0.25, 0.3) is 5.91 Å². The van der Waals surface area contributed by atoms with Gasteiger partial charge in [-0.25, -0.2) is 0 Å². The summed E-state index contributed by atoms with van der Waals surface area (Å²) in [5.41, 5.74) is 4.45. The number of piperazine rings is 1. The summed E-state index contributed by atoms with van der Waals surface area (Å²) in [6, 6.07) is 28.8. The molecule has 5 nitrogen and oxygen atoms in total. The number of carbonyl (C=O) groups is 1. The second-order valence-corrected chi connectivity index (χ2v) is 10.4. The van der Waals surface area contributed by atoms with Crippen LogP contribution >= 0.6 is 11.6 Å². The fourth-order valence-electron chi connectivity index (χ4n) is 5.64. The molecule has 0 bridgehead atoms. The summed E-state index contributed by atoms with van der Waals surface area (Å²) in [6.07, 6.45) is 6.93. The van der Waals surface area contributed by atoms with Crippen LogP contribution in [0.3, 0.4) is 0 Å². The van der Waals surface area contributed by atoms with Crippen molar-refractivity contribution in [1.29, 1.82) is 0 Å². The van der Waals surface area contributed by atoms with Gasteiger partial charge in [0.05, 0.1) is 18.2 Å². The van der Waals surface area contributed by atoms with Crippen LogP contribution in [0.25, 0.3) is 5.57 Å². The number of hydrogen-bond donors (Lipinski definition) is 1. The third kappa shape index (κ3) is 5.08. The molecule has 2 saturated heterocycles. The number of benzene rings is 3. The van der Waals surface area contributed by atoms with Crippen molar-refractivity contribution in [3.63, 3.8) is 0 Å². The van der Waals surface area contributed by atoms with E-state index in [2.05, 4.69) is 75.9 Å². The van der Waals surface area contributed by atoms with E-state index in [4.69, 9.17) is 11.6 Å². The molecule has 0 aromatic heterocycles. The Balaban J connectivity index is 1.21. The van der Waals surface area contributed by atoms with Crippen LogP contribution in [0.4, 0.5) is 0 Å². The summed E-state index contributed by atoms with van der Waals surface area (Å²) >= 11 is 6.21. The Bertz CT molecular complexity index is 1280. The van der Waals surface area contributed by atoms with Crippen molar-refractivity contribution in [1.82, 2.24) is 20.0 Å². The Kier molecular flexibility index (Phi) is 6.83. The number of carbonyl (C=O) groups excluding carboxylic acids is 1. The summed E-state index contributed by atoms with van der Waals surface area (Å²) in [5, 5.41) is 4.60. The van der Waals surface area contributed by atoms with Crippen LogP contribution in [0.15, 0.2) is 103 Å². The lowest BCUT2D eigenvalue weighted by Gasteiger charge is -2.39. The predicted molar refractivity (Wildman–Crippen MR) is 149 cm³/mol. The molecule has 3 aromatic carbocycles. The molecule has 0 saturated carbocycles. The molecule has 0 spiro atoms. The maximum absolute atomic E-state index is 12.9. The zero-order chi connectivity index (χ0) is 25.2. The second kappa shape index (κ2) is 10.5. The van der Waals surface area contributed by atoms with Crippen LogP contribution in [0, 0.1) is 0 Å². The average Bonchev–Trinajstić information content (AvgIpc) is 3.32. The quantitative estimate of drug-likeness (QED) is 0.521. The lowest BCUT2D eigenvalue weighted by atomic mass is 9.98. The molecule has 2 fully saturated rings. The van der Waals surface area contributed by atoms with Gasteiger partial charge in [-0.1, -0.05) is 78.3 Å². The lowest BCUT2D eigenvalue weighted by Crippen LogP contribution is -2.52.